The van der Waals surface area contributed by atoms with Crippen LogP contribution >= 0.6 is 0 Å². The van der Waals surface area contributed by atoms with Gasteiger partial charge in [0.1, 0.15) is 17.3 Å². The number of ether oxygens (including phenoxy) is 1. The predicted molar refractivity (Wildman–Crippen MR) is 90.6 cm³/mol. The van der Waals surface area contributed by atoms with Crippen LogP contribution in [0.3, 0.4) is 0 Å². The van der Waals surface area contributed by atoms with Gasteiger partial charge in [0.25, 0.3) is 0 Å². The smallest absolute Gasteiger partial charge is 0.218 e. The zero-order chi connectivity index (χ0) is 17.4. The van der Waals surface area contributed by atoms with Crippen molar-refractivity contribution in [3.63, 3.8) is 0 Å². The van der Waals surface area contributed by atoms with Crippen molar-refractivity contribution in [1.29, 1.82) is 0 Å². The molecule has 0 radical (unpaired) electrons. The molecule has 4 rings (SSSR count). The first kappa shape index (κ1) is 15.4. The van der Waals surface area contributed by atoms with Crippen LogP contribution in [-0.4, -0.2) is 27.0 Å². The average Bonchev–Trinajstić information content (AvgIpc) is 2.98. The monoisotopic (exact) mass is 337 g/mol. The van der Waals surface area contributed by atoms with E-state index in [0.29, 0.717) is 23.9 Å². The standard InChI is InChI=1S/C18H16FN5O/c1-11-13-9-21-18(14-5-3-4-6-20-14)22-15(13)10-24(11)17-8-12(25-2)7-16(19)23-17/h3-9,11H,10H2,1-2H3. The van der Waals surface area contributed by atoms with Crippen LogP contribution in [0.4, 0.5) is 10.2 Å². The summed E-state index contributed by atoms with van der Waals surface area (Å²) in [6.07, 6.45) is 3.53. The molecule has 0 N–H and O–H groups in total. The fourth-order valence-corrected chi connectivity index (χ4v) is 2.99. The van der Waals surface area contributed by atoms with Gasteiger partial charge in [-0.3, -0.25) is 4.98 Å². The molecule has 0 amide bonds. The Balaban J connectivity index is 1.69. The molecule has 4 heterocycles. The van der Waals surface area contributed by atoms with Gasteiger partial charge < -0.3 is 9.64 Å². The molecule has 0 aliphatic carbocycles. The predicted octanol–water partition coefficient (Wildman–Crippen LogP) is 3.16. The highest BCUT2D eigenvalue weighted by Crippen LogP contribution is 2.36. The number of anilines is 1. The Morgan fingerprint density at radius 3 is 2.84 bits per heavy atom. The van der Waals surface area contributed by atoms with Gasteiger partial charge in [0, 0.05) is 30.1 Å². The van der Waals surface area contributed by atoms with E-state index in [4.69, 9.17) is 4.74 Å². The third-order valence-electron chi connectivity index (χ3n) is 4.32. The second kappa shape index (κ2) is 6.08. The molecule has 0 spiro atoms. The lowest BCUT2D eigenvalue weighted by Crippen LogP contribution is -2.20. The van der Waals surface area contributed by atoms with Crippen molar-refractivity contribution in [2.24, 2.45) is 0 Å². The lowest BCUT2D eigenvalue weighted by molar-refractivity contribution is 0.408. The third kappa shape index (κ3) is 2.77. The van der Waals surface area contributed by atoms with Crippen LogP contribution in [0.25, 0.3) is 11.5 Å². The maximum absolute atomic E-state index is 13.8. The molecule has 0 aromatic carbocycles. The number of rotatable bonds is 3. The van der Waals surface area contributed by atoms with Crippen LogP contribution in [0.2, 0.25) is 0 Å². The van der Waals surface area contributed by atoms with E-state index >= 15 is 0 Å². The summed E-state index contributed by atoms with van der Waals surface area (Å²) < 4.78 is 18.9. The number of nitrogens with zero attached hydrogens (tertiary/aromatic N) is 5. The van der Waals surface area contributed by atoms with Crippen molar-refractivity contribution in [2.45, 2.75) is 19.5 Å². The molecule has 0 saturated carbocycles. The Bertz CT molecular complexity index is 919. The fraction of sp³-hybridized carbons (Fsp3) is 0.222. The first-order chi connectivity index (χ1) is 12.2. The summed E-state index contributed by atoms with van der Waals surface area (Å²) in [4.78, 5) is 19.3. The molecule has 6 nitrogen and oxygen atoms in total. The minimum Gasteiger partial charge on any atom is -0.496 e. The van der Waals surface area contributed by atoms with Crippen LogP contribution in [0.1, 0.15) is 24.2 Å². The second-order valence-corrected chi connectivity index (χ2v) is 5.80. The van der Waals surface area contributed by atoms with E-state index < -0.39 is 5.95 Å². The zero-order valence-electron chi connectivity index (χ0n) is 13.8. The van der Waals surface area contributed by atoms with Crippen molar-refractivity contribution in [3.05, 3.63) is 59.9 Å². The third-order valence-corrected chi connectivity index (χ3v) is 4.32. The second-order valence-electron chi connectivity index (χ2n) is 5.80. The Morgan fingerprint density at radius 1 is 1.20 bits per heavy atom. The van der Waals surface area contributed by atoms with E-state index in [0.717, 1.165) is 17.0 Å². The van der Waals surface area contributed by atoms with Gasteiger partial charge in [0.15, 0.2) is 5.82 Å². The van der Waals surface area contributed by atoms with Crippen molar-refractivity contribution in [1.82, 2.24) is 19.9 Å². The SMILES string of the molecule is COc1cc(F)nc(N2Cc3nc(-c4ccccn4)ncc3C2C)c1. The Kier molecular flexibility index (Phi) is 3.76. The van der Waals surface area contributed by atoms with E-state index in [1.54, 1.807) is 12.3 Å². The van der Waals surface area contributed by atoms with Crippen LogP contribution < -0.4 is 9.64 Å². The van der Waals surface area contributed by atoms with Gasteiger partial charge in [-0.1, -0.05) is 6.07 Å². The van der Waals surface area contributed by atoms with Crippen molar-refractivity contribution >= 4 is 5.82 Å². The fourth-order valence-electron chi connectivity index (χ4n) is 2.99. The van der Waals surface area contributed by atoms with Gasteiger partial charge in [-0.2, -0.15) is 4.39 Å². The van der Waals surface area contributed by atoms with Gasteiger partial charge in [-0.25, -0.2) is 15.0 Å². The minimum atomic E-state index is -0.572. The first-order valence-electron chi connectivity index (χ1n) is 7.91. The molecule has 0 fully saturated rings. The van der Waals surface area contributed by atoms with Crippen LogP contribution in [0.15, 0.2) is 42.7 Å². The molecular weight excluding hydrogens is 321 g/mol. The Labute approximate surface area is 144 Å². The van der Waals surface area contributed by atoms with E-state index in [9.17, 15) is 4.39 Å². The minimum absolute atomic E-state index is 0.00760. The van der Waals surface area contributed by atoms with Crippen LogP contribution in [0, 0.1) is 5.95 Å². The first-order valence-corrected chi connectivity index (χ1v) is 7.91. The van der Waals surface area contributed by atoms with Gasteiger partial charge in [-0.15, -0.1) is 0 Å². The molecule has 126 valence electrons. The van der Waals surface area contributed by atoms with Gasteiger partial charge in [0.2, 0.25) is 5.95 Å². The van der Waals surface area contributed by atoms with E-state index in [1.165, 1.54) is 13.2 Å². The van der Waals surface area contributed by atoms with Crippen molar-refractivity contribution < 1.29 is 9.13 Å². The number of fused-ring (bicyclic) bond motifs is 1. The Morgan fingerprint density at radius 2 is 2.08 bits per heavy atom. The molecule has 25 heavy (non-hydrogen) atoms. The molecule has 3 aromatic heterocycles. The number of methoxy groups -OCH3 is 1. The normalized spacial score (nSPS) is 16.0. The van der Waals surface area contributed by atoms with E-state index in [2.05, 4.69) is 19.9 Å². The summed E-state index contributed by atoms with van der Waals surface area (Å²) in [5, 5.41) is 0. The molecule has 1 atom stereocenters. The summed E-state index contributed by atoms with van der Waals surface area (Å²) in [7, 11) is 1.51. The molecule has 3 aromatic rings. The van der Waals surface area contributed by atoms with Crippen molar-refractivity contribution in [3.8, 4) is 17.3 Å². The topological polar surface area (TPSA) is 64.0 Å². The maximum Gasteiger partial charge on any atom is 0.218 e. The molecule has 7 heteroatoms. The summed E-state index contributed by atoms with van der Waals surface area (Å²) in [6, 6.07) is 8.60. The zero-order valence-corrected chi connectivity index (χ0v) is 13.8. The lowest BCUT2D eigenvalue weighted by Gasteiger charge is -2.22. The van der Waals surface area contributed by atoms with Crippen LogP contribution in [0.5, 0.6) is 5.75 Å². The van der Waals surface area contributed by atoms with E-state index in [1.807, 2.05) is 36.2 Å². The molecule has 1 aliphatic rings. The summed E-state index contributed by atoms with van der Waals surface area (Å²) in [5.74, 6) is 0.962. The number of aromatic nitrogens is 4. The number of pyridine rings is 2. The van der Waals surface area contributed by atoms with Crippen LogP contribution in [-0.2, 0) is 6.54 Å². The van der Waals surface area contributed by atoms with Gasteiger partial charge >= 0.3 is 0 Å². The molecule has 1 unspecified atom stereocenters. The lowest BCUT2D eigenvalue weighted by atomic mass is 10.1. The average molecular weight is 337 g/mol. The highest BCUT2D eigenvalue weighted by molar-refractivity contribution is 5.54. The number of halogens is 1. The largest absolute Gasteiger partial charge is 0.496 e. The Hall–Kier alpha value is -3.09. The summed E-state index contributed by atoms with van der Waals surface area (Å²) in [5.41, 5.74) is 2.62. The summed E-state index contributed by atoms with van der Waals surface area (Å²) in [6.45, 7) is 2.55. The van der Waals surface area contributed by atoms with Gasteiger partial charge in [0.05, 0.1) is 25.4 Å². The number of hydrogen-bond acceptors (Lipinski definition) is 6. The van der Waals surface area contributed by atoms with E-state index in [-0.39, 0.29) is 6.04 Å². The van der Waals surface area contributed by atoms with Crippen molar-refractivity contribution in [2.75, 3.05) is 12.0 Å². The summed E-state index contributed by atoms with van der Waals surface area (Å²) >= 11 is 0. The molecule has 0 saturated heterocycles. The molecule has 1 aliphatic heterocycles. The highest BCUT2D eigenvalue weighted by Gasteiger charge is 2.30. The highest BCUT2D eigenvalue weighted by atomic mass is 19.1. The quantitative estimate of drug-likeness (QED) is 0.684. The van der Waals surface area contributed by atoms with Gasteiger partial charge in [-0.05, 0) is 19.1 Å². The molecular formula is C18H16FN5O. The molecule has 0 bridgehead atoms. The maximum atomic E-state index is 13.8. The number of hydrogen-bond donors (Lipinski definition) is 0.